The maximum absolute atomic E-state index is 12.5. The molecule has 3 heterocycles. The third-order valence-electron chi connectivity index (χ3n) is 5.44. The molecule has 1 aromatic heterocycles. The zero-order valence-electron chi connectivity index (χ0n) is 17.3. The first-order chi connectivity index (χ1) is 16.0. The lowest BCUT2D eigenvalue weighted by Gasteiger charge is -2.36. The quantitative estimate of drug-likeness (QED) is 0.361. The van der Waals surface area contributed by atoms with Crippen molar-refractivity contribution in [3.05, 3.63) is 80.3 Å². The molecule has 3 aromatic rings. The maximum Gasteiger partial charge on any atom is 0.286 e. The van der Waals surface area contributed by atoms with Gasteiger partial charge in [0.05, 0.1) is 15.0 Å². The van der Waals surface area contributed by atoms with E-state index in [-0.39, 0.29) is 5.91 Å². The van der Waals surface area contributed by atoms with Gasteiger partial charge in [-0.25, -0.2) is 0 Å². The van der Waals surface area contributed by atoms with Gasteiger partial charge in [0.25, 0.3) is 5.91 Å². The summed E-state index contributed by atoms with van der Waals surface area (Å²) in [5.74, 6) is 0.975. The number of piperazine rings is 1. The molecule has 0 aliphatic carbocycles. The third-order valence-corrected chi connectivity index (χ3v) is 7.46. The van der Waals surface area contributed by atoms with E-state index in [0.717, 1.165) is 47.6 Å². The number of furan rings is 1. The summed E-state index contributed by atoms with van der Waals surface area (Å²) in [4.78, 5) is 21.8. The first kappa shape index (κ1) is 22.4. The summed E-state index contributed by atoms with van der Waals surface area (Å²) in [6, 6.07) is 16.8. The Morgan fingerprint density at radius 2 is 1.70 bits per heavy atom. The molecule has 0 atom stereocenters. The molecule has 0 N–H and O–H groups in total. The monoisotopic (exact) mass is 517 g/mol. The van der Waals surface area contributed by atoms with Crippen molar-refractivity contribution in [2.45, 2.75) is 0 Å². The van der Waals surface area contributed by atoms with Gasteiger partial charge in [-0.05, 0) is 60.3 Å². The van der Waals surface area contributed by atoms with Crippen LogP contribution in [0.15, 0.2) is 68.9 Å². The lowest BCUT2D eigenvalue weighted by atomic mass is 10.2. The van der Waals surface area contributed by atoms with Crippen LogP contribution in [0.3, 0.4) is 0 Å². The molecule has 9 heteroatoms. The second-order valence-corrected chi connectivity index (χ2v) is 9.85. The number of aliphatic imine (C=N–C) groups is 1. The standard InChI is InChI=1S/C24H18Cl3N3O2S/c25-16-2-1-3-17(13-16)29-8-10-30(11-9-29)24-28-23(31)22(33-24)14-18-5-7-21(32-18)15-4-6-19(26)20(27)12-15/h1-7,12-14H,8-11H2. The summed E-state index contributed by atoms with van der Waals surface area (Å²) in [5, 5.41) is 2.40. The molecule has 5 nitrogen and oxygen atoms in total. The Labute approximate surface area is 210 Å². The molecule has 2 aliphatic heterocycles. The van der Waals surface area contributed by atoms with Crippen LogP contribution in [0.4, 0.5) is 5.69 Å². The number of benzene rings is 2. The molecule has 2 aromatic carbocycles. The molecule has 0 saturated carbocycles. The largest absolute Gasteiger partial charge is 0.457 e. The lowest BCUT2D eigenvalue weighted by molar-refractivity contribution is -0.113. The first-order valence-corrected chi connectivity index (χ1v) is 12.2. The third kappa shape index (κ3) is 4.94. The first-order valence-electron chi connectivity index (χ1n) is 10.3. The van der Waals surface area contributed by atoms with E-state index in [0.29, 0.717) is 26.5 Å². The van der Waals surface area contributed by atoms with Crippen LogP contribution in [-0.4, -0.2) is 42.2 Å². The summed E-state index contributed by atoms with van der Waals surface area (Å²) < 4.78 is 5.90. The van der Waals surface area contributed by atoms with Crippen molar-refractivity contribution in [1.82, 2.24) is 4.90 Å². The molecule has 33 heavy (non-hydrogen) atoms. The Balaban J connectivity index is 1.24. The molecule has 1 fully saturated rings. The van der Waals surface area contributed by atoms with Crippen molar-refractivity contribution in [1.29, 1.82) is 0 Å². The fraction of sp³-hybridized carbons (Fsp3) is 0.167. The number of anilines is 1. The smallest absolute Gasteiger partial charge is 0.286 e. The number of hydrogen-bond acceptors (Lipinski definition) is 5. The van der Waals surface area contributed by atoms with E-state index in [2.05, 4.69) is 20.9 Å². The predicted molar refractivity (Wildman–Crippen MR) is 137 cm³/mol. The summed E-state index contributed by atoms with van der Waals surface area (Å²) in [5.41, 5.74) is 1.92. The van der Waals surface area contributed by atoms with Gasteiger partial charge in [-0.1, -0.05) is 40.9 Å². The van der Waals surface area contributed by atoms with Crippen LogP contribution in [0.25, 0.3) is 17.4 Å². The number of amides is 1. The van der Waals surface area contributed by atoms with Crippen LogP contribution >= 0.6 is 46.6 Å². The summed E-state index contributed by atoms with van der Waals surface area (Å²) in [6.07, 6.45) is 1.73. The van der Waals surface area contributed by atoms with E-state index < -0.39 is 0 Å². The summed E-state index contributed by atoms with van der Waals surface area (Å²) in [7, 11) is 0. The average Bonchev–Trinajstić information content (AvgIpc) is 3.43. The number of thioether (sulfide) groups is 1. The van der Waals surface area contributed by atoms with Crippen LogP contribution in [0.5, 0.6) is 0 Å². The van der Waals surface area contributed by atoms with Crippen molar-refractivity contribution >= 4 is 69.4 Å². The van der Waals surface area contributed by atoms with Gasteiger partial charge in [0, 0.05) is 48.5 Å². The van der Waals surface area contributed by atoms with Gasteiger partial charge >= 0.3 is 0 Å². The summed E-state index contributed by atoms with van der Waals surface area (Å²) in [6.45, 7) is 3.22. The molecule has 1 saturated heterocycles. The van der Waals surface area contributed by atoms with Gasteiger partial charge in [-0.2, -0.15) is 4.99 Å². The highest BCUT2D eigenvalue weighted by Crippen LogP contribution is 2.34. The van der Waals surface area contributed by atoms with Crippen LogP contribution in [0, 0.1) is 0 Å². The molecule has 0 radical (unpaired) electrons. The topological polar surface area (TPSA) is 49.1 Å². The highest BCUT2D eigenvalue weighted by atomic mass is 35.5. The molecular formula is C24H18Cl3N3O2S. The molecule has 168 valence electrons. The van der Waals surface area contributed by atoms with Crippen LogP contribution in [-0.2, 0) is 4.79 Å². The molecule has 0 spiro atoms. The Hall–Kier alpha value is -2.38. The van der Waals surface area contributed by atoms with Crippen molar-refractivity contribution in [3.8, 4) is 11.3 Å². The number of amidine groups is 1. The SMILES string of the molecule is O=C1N=C(N2CCN(c3cccc(Cl)c3)CC2)SC1=Cc1ccc(-c2ccc(Cl)c(Cl)c2)o1. The Morgan fingerprint density at radius 3 is 2.45 bits per heavy atom. The number of halogens is 3. The number of carbonyl (C=O) groups excluding carboxylic acids is 1. The molecule has 0 bridgehead atoms. The van der Waals surface area contributed by atoms with Crippen LogP contribution in [0.2, 0.25) is 15.1 Å². The summed E-state index contributed by atoms with van der Waals surface area (Å²) >= 11 is 19.6. The van der Waals surface area contributed by atoms with E-state index in [1.54, 1.807) is 18.2 Å². The van der Waals surface area contributed by atoms with Crippen molar-refractivity contribution in [2.75, 3.05) is 31.1 Å². The van der Waals surface area contributed by atoms with Gasteiger partial charge in [-0.3, -0.25) is 4.79 Å². The Morgan fingerprint density at radius 1 is 0.909 bits per heavy atom. The van der Waals surface area contributed by atoms with Crippen molar-refractivity contribution in [3.63, 3.8) is 0 Å². The van der Waals surface area contributed by atoms with Gasteiger partial charge in [0.15, 0.2) is 5.17 Å². The molecule has 5 rings (SSSR count). The number of nitrogens with zero attached hydrogens (tertiary/aromatic N) is 3. The van der Waals surface area contributed by atoms with Gasteiger partial charge < -0.3 is 14.2 Å². The van der Waals surface area contributed by atoms with E-state index in [1.807, 2.05) is 36.4 Å². The highest BCUT2D eigenvalue weighted by Gasteiger charge is 2.29. The molecule has 0 unspecified atom stereocenters. The Kier molecular flexibility index (Phi) is 6.43. The van der Waals surface area contributed by atoms with Gasteiger partial charge in [0.1, 0.15) is 11.5 Å². The zero-order chi connectivity index (χ0) is 22.9. The number of rotatable bonds is 3. The predicted octanol–water partition coefficient (Wildman–Crippen LogP) is 6.70. The Bertz CT molecular complexity index is 1280. The number of carbonyl (C=O) groups is 1. The van der Waals surface area contributed by atoms with E-state index >= 15 is 0 Å². The maximum atomic E-state index is 12.5. The number of hydrogen-bond donors (Lipinski definition) is 0. The van der Waals surface area contributed by atoms with Gasteiger partial charge in [-0.15, -0.1) is 0 Å². The molecule has 1 amide bonds. The minimum absolute atomic E-state index is 0.250. The normalized spacial score (nSPS) is 17.7. The molecule has 2 aliphatic rings. The molecular weight excluding hydrogens is 501 g/mol. The van der Waals surface area contributed by atoms with Crippen LogP contribution in [0.1, 0.15) is 5.76 Å². The van der Waals surface area contributed by atoms with E-state index in [1.165, 1.54) is 11.8 Å². The van der Waals surface area contributed by atoms with Crippen molar-refractivity contribution in [2.24, 2.45) is 4.99 Å². The van der Waals surface area contributed by atoms with E-state index in [4.69, 9.17) is 39.2 Å². The highest BCUT2D eigenvalue weighted by molar-refractivity contribution is 8.18. The fourth-order valence-electron chi connectivity index (χ4n) is 3.73. The van der Waals surface area contributed by atoms with Crippen molar-refractivity contribution < 1.29 is 9.21 Å². The van der Waals surface area contributed by atoms with Crippen LogP contribution < -0.4 is 4.90 Å². The average molecular weight is 519 g/mol. The van der Waals surface area contributed by atoms with E-state index in [9.17, 15) is 4.79 Å². The fourth-order valence-corrected chi connectivity index (χ4v) is 5.15. The van der Waals surface area contributed by atoms with Gasteiger partial charge in [0.2, 0.25) is 0 Å². The lowest BCUT2D eigenvalue weighted by Crippen LogP contribution is -2.47. The zero-order valence-corrected chi connectivity index (χ0v) is 20.4. The minimum atomic E-state index is -0.250. The second-order valence-electron chi connectivity index (χ2n) is 7.60. The minimum Gasteiger partial charge on any atom is -0.457 e. The second kappa shape index (κ2) is 9.47.